The van der Waals surface area contributed by atoms with Crippen molar-refractivity contribution in [2.24, 2.45) is 0 Å². The summed E-state index contributed by atoms with van der Waals surface area (Å²) in [7, 11) is 0. The number of halogens is 3. The van der Waals surface area contributed by atoms with Crippen molar-refractivity contribution in [1.29, 1.82) is 0 Å². The first-order valence-electron chi connectivity index (χ1n) is 7.53. The molecule has 6 nitrogen and oxygen atoms in total. The zero-order valence-electron chi connectivity index (χ0n) is 13.1. The van der Waals surface area contributed by atoms with Crippen molar-refractivity contribution in [3.8, 4) is 5.69 Å². The van der Waals surface area contributed by atoms with Crippen LogP contribution in [-0.4, -0.2) is 24.5 Å². The molecule has 0 spiro atoms. The number of nitrogens with zero attached hydrogens (tertiary/aromatic N) is 5. The van der Waals surface area contributed by atoms with Gasteiger partial charge in [0, 0.05) is 11.1 Å². The molecule has 0 N–H and O–H groups in total. The van der Waals surface area contributed by atoms with Crippen LogP contribution in [0.3, 0.4) is 0 Å². The summed E-state index contributed by atoms with van der Waals surface area (Å²) < 4.78 is 29.5. The maximum absolute atomic E-state index is 14.0. The van der Waals surface area contributed by atoms with Gasteiger partial charge in [-0.3, -0.25) is 9.36 Å². The first-order valence-corrected chi connectivity index (χ1v) is 7.91. The summed E-state index contributed by atoms with van der Waals surface area (Å²) in [6.45, 7) is 0.250. The molecule has 130 valence electrons. The molecule has 2 aromatic heterocycles. The Bertz CT molecular complexity index is 1190. The summed E-state index contributed by atoms with van der Waals surface area (Å²) in [6, 6.07) is 10.1. The van der Waals surface area contributed by atoms with Gasteiger partial charge < -0.3 is 0 Å². The fraction of sp³-hybridized carbons (Fsp3) is 0.0588. The van der Waals surface area contributed by atoms with E-state index in [9.17, 15) is 13.6 Å². The van der Waals surface area contributed by atoms with Crippen LogP contribution in [0.15, 0.2) is 53.6 Å². The molecule has 4 aromatic rings. The summed E-state index contributed by atoms with van der Waals surface area (Å²) in [5.74, 6) is -1.55. The Morgan fingerprint density at radius 3 is 2.73 bits per heavy atom. The second kappa shape index (κ2) is 6.30. The SMILES string of the molecule is O=c1c2nnn(-c3ccc(F)cc3F)c2ncn1Cc1cccc(Cl)c1. The van der Waals surface area contributed by atoms with Crippen LogP contribution < -0.4 is 5.56 Å². The van der Waals surface area contributed by atoms with Crippen molar-refractivity contribution < 1.29 is 8.78 Å². The standard InChI is InChI=1S/C17H10ClF2N5O/c18-11-3-1-2-10(6-11)8-24-9-21-16-15(17(24)26)22-23-25(16)14-5-4-12(19)7-13(14)20/h1-7,9H,8H2. The molecule has 0 bridgehead atoms. The third-order valence-electron chi connectivity index (χ3n) is 3.81. The van der Waals surface area contributed by atoms with Crippen molar-refractivity contribution in [1.82, 2.24) is 24.5 Å². The minimum Gasteiger partial charge on any atom is -0.293 e. The first-order chi connectivity index (χ1) is 12.5. The monoisotopic (exact) mass is 373 g/mol. The smallest absolute Gasteiger partial charge is 0.283 e. The third kappa shape index (κ3) is 2.84. The van der Waals surface area contributed by atoms with E-state index in [0.717, 1.165) is 22.4 Å². The molecule has 0 radical (unpaired) electrons. The van der Waals surface area contributed by atoms with Crippen LogP contribution in [-0.2, 0) is 6.54 Å². The third-order valence-corrected chi connectivity index (χ3v) is 4.04. The Labute approximate surface area is 150 Å². The van der Waals surface area contributed by atoms with E-state index in [1.165, 1.54) is 17.0 Å². The van der Waals surface area contributed by atoms with Crippen LogP contribution in [0.2, 0.25) is 5.02 Å². The van der Waals surface area contributed by atoms with Gasteiger partial charge in [0.25, 0.3) is 5.56 Å². The number of fused-ring (bicyclic) bond motifs is 1. The highest BCUT2D eigenvalue weighted by Gasteiger charge is 2.16. The van der Waals surface area contributed by atoms with Crippen LogP contribution in [0, 0.1) is 11.6 Å². The van der Waals surface area contributed by atoms with Crippen LogP contribution in [0.4, 0.5) is 8.78 Å². The van der Waals surface area contributed by atoms with Gasteiger partial charge in [-0.1, -0.05) is 28.9 Å². The lowest BCUT2D eigenvalue weighted by Gasteiger charge is -2.06. The molecule has 26 heavy (non-hydrogen) atoms. The van der Waals surface area contributed by atoms with Crippen LogP contribution in [0.1, 0.15) is 5.56 Å². The molecule has 0 atom stereocenters. The van der Waals surface area contributed by atoms with Crippen molar-refractivity contribution in [2.45, 2.75) is 6.54 Å². The molecule has 2 aromatic carbocycles. The van der Waals surface area contributed by atoms with Gasteiger partial charge in [0.15, 0.2) is 17.0 Å². The minimum absolute atomic E-state index is 0.0155. The lowest BCUT2D eigenvalue weighted by molar-refractivity contribution is 0.573. The molecule has 9 heteroatoms. The zero-order chi connectivity index (χ0) is 18.3. The maximum Gasteiger partial charge on any atom is 0.283 e. The molecule has 0 fully saturated rings. The fourth-order valence-electron chi connectivity index (χ4n) is 2.60. The highest BCUT2D eigenvalue weighted by atomic mass is 35.5. The summed E-state index contributed by atoms with van der Waals surface area (Å²) >= 11 is 5.95. The van der Waals surface area contributed by atoms with E-state index in [2.05, 4.69) is 15.3 Å². The van der Waals surface area contributed by atoms with Crippen molar-refractivity contribution in [3.05, 3.63) is 81.4 Å². The van der Waals surface area contributed by atoms with Gasteiger partial charge in [-0.25, -0.2) is 13.8 Å². The van der Waals surface area contributed by atoms with Crippen molar-refractivity contribution in [3.63, 3.8) is 0 Å². The second-order valence-corrected chi connectivity index (χ2v) is 6.01. The molecule has 4 rings (SSSR count). The van der Waals surface area contributed by atoms with Gasteiger partial charge in [0.1, 0.15) is 17.8 Å². The molecule has 0 aliphatic rings. The van der Waals surface area contributed by atoms with E-state index in [-0.39, 0.29) is 23.4 Å². The number of hydrogen-bond donors (Lipinski definition) is 0. The van der Waals surface area contributed by atoms with Crippen molar-refractivity contribution >= 4 is 22.8 Å². The lowest BCUT2D eigenvalue weighted by Crippen LogP contribution is -2.21. The fourth-order valence-corrected chi connectivity index (χ4v) is 2.82. The van der Waals surface area contributed by atoms with E-state index in [0.29, 0.717) is 5.02 Å². The van der Waals surface area contributed by atoms with E-state index in [1.54, 1.807) is 18.2 Å². The largest absolute Gasteiger partial charge is 0.293 e. The Morgan fingerprint density at radius 1 is 1.12 bits per heavy atom. The molecule has 0 aliphatic heterocycles. The second-order valence-electron chi connectivity index (χ2n) is 5.58. The molecule has 0 saturated heterocycles. The molecule has 0 amide bonds. The summed E-state index contributed by atoms with van der Waals surface area (Å²) in [5.41, 5.74) is 0.413. The molecule has 0 saturated carbocycles. The van der Waals surface area contributed by atoms with Gasteiger partial charge in [0.05, 0.1) is 6.54 Å². The normalized spacial score (nSPS) is 11.2. The van der Waals surface area contributed by atoms with E-state index >= 15 is 0 Å². The molecular weight excluding hydrogens is 364 g/mol. The van der Waals surface area contributed by atoms with Crippen LogP contribution in [0.5, 0.6) is 0 Å². The van der Waals surface area contributed by atoms with E-state index in [1.807, 2.05) is 6.07 Å². The number of hydrogen-bond acceptors (Lipinski definition) is 4. The predicted octanol–water partition coefficient (Wildman–Crippen LogP) is 2.96. The van der Waals surface area contributed by atoms with E-state index < -0.39 is 17.2 Å². The number of aromatic nitrogens is 5. The Kier molecular flexibility index (Phi) is 3.96. The average molecular weight is 374 g/mol. The highest BCUT2D eigenvalue weighted by Crippen LogP contribution is 2.17. The van der Waals surface area contributed by atoms with Gasteiger partial charge >= 0.3 is 0 Å². The van der Waals surface area contributed by atoms with Crippen molar-refractivity contribution in [2.75, 3.05) is 0 Å². The Balaban J connectivity index is 1.79. The predicted molar refractivity (Wildman–Crippen MR) is 91.4 cm³/mol. The molecular formula is C17H10ClF2N5O. The number of benzene rings is 2. The average Bonchev–Trinajstić information content (AvgIpc) is 3.02. The van der Waals surface area contributed by atoms with Gasteiger partial charge in [-0.15, -0.1) is 5.10 Å². The summed E-state index contributed by atoms with van der Waals surface area (Å²) in [5, 5.41) is 8.15. The van der Waals surface area contributed by atoms with Crippen LogP contribution >= 0.6 is 11.6 Å². The van der Waals surface area contributed by atoms with E-state index in [4.69, 9.17) is 11.6 Å². The molecule has 0 unspecified atom stereocenters. The van der Waals surface area contributed by atoms with Gasteiger partial charge in [-0.05, 0) is 29.8 Å². The molecule has 0 aliphatic carbocycles. The topological polar surface area (TPSA) is 65.6 Å². The minimum atomic E-state index is -0.832. The summed E-state index contributed by atoms with van der Waals surface area (Å²) in [4.78, 5) is 16.8. The Hall–Kier alpha value is -3.13. The maximum atomic E-state index is 14.0. The quantitative estimate of drug-likeness (QED) is 0.554. The zero-order valence-corrected chi connectivity index (χ0v) is 13.9. The first kappa shape index (κ1) is 16.3. The highest BCUT2D eigenvalue weighted by molar-refractivity contribution is 6.30. The lowest BCUT2D eigenvalue weighted by atomic mass is 10.2. The van der Waals surface area contributed by atoms with Crippen LogP contribution in [0.25, 0.3) is 16.9 Å². The molecule has 2 heterocycles. The number of rotatable bonds is 3. The van der Waals surface area contributed by atoms with Gasteiger partial charge in [0.2, 0.25) is 0 Å². The summed E-state index contributed by atoms with van der Waals surface area (Å²) in [6.07, 6.45) is 1.33. The van der Waals surface area contributed by atoms with Gasteiger partial charge in [-0.2, -0.15) is 4.68 Å². The Morgan fingerprint density at radius 2 is 1.96 bits per heavy atom.